The van der Waals surface area contributed by atoms with Gasteiger partial charge < -0.3 is 15.5 Å². The summed E-state index contributed by atoms with van der Waals surface area (Å²) in [6.07, 6.45) is 0.773. The first kappa shape index (κ1) is 13.8. The number of rotatable bonds is 4. The molecule has 1 rings (SSSR count). The number of hydrogen-bond donors (Lipinski definition) is 3. The van der Waals surface area contributed by atoms with Crippen LogP contribution in [0.25, 0.3) is 0 Å². The van der Waals surface area contributed by atoms with E-state index in [1.807, 2.05) is 13.8 Å². The summed E-state index contributed by atoms with van der Waals surface area (Å²) in [5.41, 5.74) is -0.110. The fourth-order valence-electron chi connectivity index (χ4n) is 1.29. The highest BCUT2D eigenvalue weighted by atomic mass is 79.9. The van der Waals surface area contributed by atoms with Crippen molar-refractivity contribution in [3.05, 3.63) is 23.8 Å². The molecule has 0 bridgehead atoms. The highest BCUT2D eigenvalue weighted by Gasteiger charge is 2.23. The Morgan fingerprint density at radius 3 is 2.29 bits per heavy atom. The Balaban J connectivity index is 2.90. The van der Waals surface area contributed by atoms with Crippen LogP contribution in [0.1, 0.15) is 30.6 Å². The third kappa shape index (κ3) is 3.63. The normalized spacial score (nSPS) is 14.1. The largest absolute Gasteiger partial charge is 0.508 e. The number of alkyl halides is 1. The molecule has 0 heterocycles. The number of carbonyl (C=O) groups excluding carboxylic acids is 1. The fraction of sp³-hybridized carbons (Fsp3) is 0.417. The van der Waals surface area contributed by atoms with Gasteiger partial charge in [0.1, 0.15) is 11.5 Å². The maximum atomic E-state index is 11.9. The zero-order valence-electron chi connectivity index (χ0n) is 9.83. The van der Waals surface area contributed by atoms with Gasteiger partial charge in [0.2, 0.25) is 0 Å². The quantitative estimate of drug-likeness (QED) is 0.748. The molecule has 0 aliphatic rings. The van der Waals surface area contributed by atoms with Crippen LogP contribution in [0, 0.1) is 0 Å². The number of nitrogens with one attached hydrogen (secondary N) is 1. The molecule has 0 spiro atoms. The minimum absolute atomic E-state index is 0.132. The Bertz CT molecular complexity index is 396. The van der Waals surface area contributed by atoms with E-state index in [9.17, 15) is 15.0 Å². The molecular weight excluding hydrogens is 286 g/mol. The molecule has 0 aromatic heterocycles. The molecule has 1 unspecified atom stereocenters. The Morgan fingerprint density at radius 1 is 1.35 bits per heavy atom. The lowest BCUT2D eigenvalue weighted by Crippen LogP contribution is -2.46. The van der Waals surface area contributed by atoms with Gasteiger partial charge in [-0.05, 0) is 25.5 Å². The highest BCUT2D eigenvalue weighted by Crippen LogP contribution is 2.21. The Hall–Kier alpha value is -1.23. The van der Waals surface area contributed by atoms with E-state index in [0.29, 0.717) is 5.33 Å². The molecule has 1 aromatic rings. The third-order valence-electron chi connectivity index (χ3n) is 2.66. The maximum absolute atomic E-state index is 11.9. The van der Waals surface area contributed by atoms with E-state index < -0.39 is 0 Å². The van der Waals surface area contributed by atoms with E-state index in [4.69, 9.17) is 0 Å². The summed E-state index contributed by atoms with van der Waals surface area (Å²) in [5, 5.41) is 22.1. The Morgan fingerprint density at radius 2 is 1.88 bits per heavy atom. The van der Waals surface area contributed by atoms with E-state index >= 15 is 0 Å². The van der Waals surface area contributed by atoms with E-state index in [2.05, 4.69) is 21.2 Å². The lowest BCUT2D eigenvalue weighted by atomic mass is 10.0. The van der Waals surface area contributed by atoms with Crippen LogP contribution in [0.5, 0.6) is 11.5 Å². The van der Waals surface area contributed by atoms with Crippen LogP contribution in [0.2, 0.25) is 0 Å². The molecule has 0 saturated carbocycles. The van der Waals surface area contributed by atoms with E-state index in [0.717, 1.165) is 6.42 Å². The third-order valence-corrected chi connectivity index (χ3v) is 3.89. The topological polar surface area (TPSA) is 69.6 Å². The van der Waals surface area contributed by atoms with Crippen molar-refractivity contribution >= 4 is 21.8 Å². The molecule has 1 amide bonds. The number of amides is 1. The first-order valence-electron chi connectivity index (χ1n) is 5.31. The smallest absolute Gasteiger partial charge is 0.252 e. The SMILES string of the molecule is CCC(C)(CBr)NC(=O)c1cc(O)cc(O)c1. The predicted molar refractivity (Wildman–Crippen MR) is 69.7 cm³/mol. The first-order chi connectivity index (χ1) is 7.90. The standard InChI is InChI=1S/C12H16BrNO3/c1-3-12(2,7-13)14-11(17)8-4-9(15)6-10(16)5-8/h4-6,15-16H,3,7H2,1-2H3,(H,14,17). The molecule has 0 aliphatic heterocycles. The minimum atomic E-state index is -0.349. The molecule has 5 heteroatoms. The van der Waals surface area contributed by atoms with Crippen LogP contribution >= 0.6 is 15.9 Å². The molecule has 17 heavy (non-hydrogen) atoms. The molecule has 4 nitrogen and oxygen atoms in total. The van der Waals surface area contributed by atoms with Crippen LogP contribution in [-0.4, -0.2) is 27.0 Å². The van der Waals surface area contributed by atoms with Crippen LogP contribution in [-0.2, 0) is 0 Å². The number of hydrogen-bond acceptors (Lipinski definition) is 3. The molecule has 3 N–H and O–H groups in total. The minimum Gasteiger partial charge on any atom is -0.508 e. The first-order valence-corrected chi connectivity index (χ1v) is 6.44. The predicted octanol–water partition coefficient (Wildman–Crippen LogP) is 2.39. The van der Waals surface area contributed by atoms with Crippen LogP contribution in [0.4, 0.5) is 0 Å². The van der Waals surface area contributed by atoms with Gasteiger partial charge in [-0.1, -0.05) is 22.9 Å². The highest BCUT2D eigenvalue weighted by molar-refractivity contribution is 9.09. The van der Waals surface area contributed by atoms with Crippen molar-refractivity contribution in [2.45, 2.75) is 25.8 Å². The molecule has 94 valence electrons. The van der Waals surface area contributed by atoms with Crippen molar-refractivity contribution in [2.24, 2.45) is 0 Å². The van der Waals surface area contributed by atoms with Gasteiger partial charge in [0.05, 0.1) is 0 Å². The van der Waals surface area contributed by atoms with E-state index in [1.54, 1.807) is 0 Å². The zero-order chi connectivity index (χ0) is 13.1. The van der Waals surface area contributed by atoms with Gasteiger partial charge in [-0.3, -0.25) is 4.79 Å². The lowest BCUT2D eigenvalue weighted by Gasteiger charge is -2.27. The summed E-state index contributed by atoms with van der Waals surface area (Å²) >= 11 is 3.35. The van der Waals surface area contributed by atoms with Crippen molar-refractivity contribution in [1.82, 2.24) is 5.32 Å². The number of phenols is 2. The molecule has 1 aromatic carbocycles. The summed E-state index contributed by atoms with van der Waals surface area (Å²) in [4.78, 5) is 11.9. The van der Waals surface area contributed by atoms with Crippen LogP contribution < -0.4 is 5.32 Å². The van der Waals surface area contributed by atoms with E-state index in [-0.39, 0.29) is 28.5 Å². The lowest BCUT2D eigenvalue weighted by molar-refractivity contribution is 0.0912. The number of aromatic hydroxyl groups is 2. The van der Waals surface area contributed by atoms with Gasteiger partial charge >= 0.3 is 0 Å². The maximum Gasteiger partial charge on any atom is 0.252 e. The zero-order valence-corrected chi connectivity index (χ0v) is 11.4. The van der Waals surface area contributed by atoms with Gasteiger partial charge in [0.25, 0.3) is 5.91 Å². The average Bonchev–Trinajstić information content (AvgIpc) is 2.27. The number of carbonyl (C=O) groups is 1. The average molecular weight is 302 g/mol. The van der Waals surface area contributed by atoms with Crippen molar-refractivity contribution in [1.29, 1.82) is 0 Å². The summed E-state index contributed by atoms with van der Waals surface area (Å²) in [6.45, 7) is 3.89. The summed E-state index contributed by atoms with van der Waals surface area (Å²) in [6, 6.07) is 3.82. The van der Waals surface area contributed by atoms with E-state index in [1.165, 1.54) is 18.2 Å². The molecular formula is C12H16BrNO3. The second-order valence-corrected chi connectivity index (χ2v) is 4.80. The molecule has 0 radical (unpaired) electrons. The van der Waals surface area contributed by atoms with Crippen LogP contribution in [0.3, 0.4) is 0 Å². The number of halogens is 1. The fourth-order valence-corrected chi connectivity index (χ4v) is 1.83. The van der Waals surface area contributed by atoms with Gasteiger partial charge in [-0.2, -0.15) is 0 Å². The summed E-state index contributed by atoms with van der Waals surface area (Å²) in [5.74, 6) is -0.584. The number of phenolic OH excluding ortho intramolecular Hbond substituents is 2. The monoisotopic (exact) mass is 301 g/mol. The van der Waals surface area contributed by atoms with Gasteiger partial charge in [-0.25, -0.2) is 0 Å². The van der Waals surface area contributed by atoms with Crippen molar-refractivity contribution in [3.63, 3.8) is 0 Å². The van der Waals surface area contributed by atoms with Crippen LogP contribution in [0.15, 0.2) is 18.2 Å². The van der Waals surface area contributed by atoms with Crippen molar-refractivity contribution < 1.29 is 15.0 Å². The Labute approximate surface area is 109 Å². The summed E-state index contributed by atoms with van der Waals surface area (Å²) in [7, 11) is 0. The second-order valence-electron chi connectivity index (χ2n) is 4.24. The Kier molecular flexibility index (Phi) is 4.40. The van der Waals surface area contributed by atoms with Gasteiger partial charge in [0.15, 0.2) is 0 Å². The molecule has 0 aliphatic carbocycles. The van der Waals surface area contributed by atoms with Gasteiger partial charge in [0, 0.05) is 22.5 Å². The second kappa shape index (κ2) is 5.40. The summed E-state index contributed by atoms with van der Waals surface area (Å²) < 4.78 is 0. The molecule has 0 saturated heterocycles. The molecule has 0 fully saturated rings. The van der Waals surface area contributed by atoms with Crippen molar-refractivity contribution in [2.75, 3.05) is 5.33 Å². The molecule has 1 atom stereocenters. The number of benzene rings is 1. The van der Waals surface area contributed by atoms with Gasteiger partial charge in [-0.15, -0.1) is 0 Å². The van der Waals surface area contributed by atoms with Crippen molar-refractivity contribution in [3.8, 4) is 11.5 Å².